The number of nitrogens with zero attached hydrogens (tertiary/aromatic N) is 7. The largest absolute Gasteiger partial charge is 0.368 e. The van der Waals surface area contributed by atoms with Crippen LogP contribution in [0.15, 0.2) is 47.4 Å². The number of fused-ring (bicyclic) bond motifs is 1. The number of benzene rings is 1. The number of hydrogen-bond acceptors (Lipinski definition) is 8. The van der Waals surface area contributed by atoms with Crippen molar-refractivity contribution in [3.8, 4) is 17.1 Å². The Kier molecular flexibility index (Phi) is 7.25. The summed E-state index contributed by atoms with van der Waals surface area (Å²) >= 11 is 1.62. The smallest absolute Gasteiger partial charge is 0.253 e. The SMILES string of the molecule is CN1CCN(C(=O)c2ccc(-c3nc(NCCCN4CCCC4=O)c4ncn(-c5ccsc5)c4n3)cc2)CC1. The molecule has 0 spiro atoms. The van der Waals surface area contributed by atoms with E-state index in [1.165, 1.54) is 0 Å². The molecule has 11 heteroatoms. The summed E-state index contributed by atoms with van der Waals surface area (Å²) in [6, 6.07) is 9.59. The third-order valence-electron chi connectivity index (χ3n) is 7.43. The van der Waals surface area contributed by atoms with Crippen LogP contribution in [0.4, 0.5) is 5.82 Å². The van der Waals surface area contributed by atoms with Crippen molar-refractivity contribution in [1.29, 1.82) is 0 Å². The first-order valence-corrected chi connectivity index (χ1v) is 14.4. The van der Waals surface area contributed by atoms with Crippen molar-refractivity contribution in [3.63, 3.8) is 0 Å². The number of aromatic nitrogens is 4. The van der Waals surface area contributed by atoms with Crippen LogP contribution in [0.25, 0.3) is 28.2 Å². The number of nitrogens with one attached hydrogen (secondary N) is 1. The van der Waals surface area contributed by atoms with Crippen molar-refractivity contribution in [3.05, 3.63) is 53.0 Å². The van der Waals surface area contributed by atoms with E-state index in [9.17, 15) is 9.59 Å². The summed E-state index contributed by atoms with van der Waals surface area (Å²) < 4.78 is 1.97. The zero-order chi connectivity index (χ0) is 26.8. The van der Waals surface area contributed by atoms with Gasteiger partial charge in [-0.3, -0.25) is 14.2 Å². The molecule has 0 unspecified atom stereocenters. The van der Waals surface area contributed by atoms with Gasteiger partial charge in [0, 0.05) is 68.7 Å². The average Bonchev–Trinajstić information content (AvgIpc) is 3.72. The number of likely N-dealkylation sites (N-methyl/N-ethyl adjacent to an activating group) is 1. The number of amides is 2. The number of anilines is 1. The van der Waals surface area contributed by atoms with E-state index in [1.807, 2.05) is 50.1 Å². The molecule has 2 fully saturated rings. The number of piperazine rings is 1. The molecule has 2 amide bonds. The Morgan fingerprint density at radius 3 is 2.59 bits per heavy atom. The Bertz CT molecular complexity index is 1460. The van der Waals surface area contributed by atoms with Crippen molar-refractivity contribution in [2.45, 2.75) is 19.3 Å². The zero-order valence-electron chi connectivity index (χ0n) is 22.0. The molecule has 39 heavy (non-hydrogen) atoms. The lowest BCUT2D eigenvalue weighted by molar-refractivity contribution is -0.127. The highest BCUT2D eigenvalue weighted by atomic mass is 32.1. The first-order valence-electron chi connectivity index (χ1n) is 13.4. The summed E-state index contributed by atoms with van der Waals surface area (Å²) in [5.74, 6) is 1.52. The summed E-state index contributed by atoms with van der Waals surface area (Å²) in [7, 11) is 2.08. The zero-order valence-corrected chi connectivity index (χ0v) is 22.9. The van der Waals surface area contributed by atoms with Gasteiger partial charge in [-0.2, -0.15) is 11.3 Å². The van der Waals surface area contributed by atoms with Gasteiger partial charge in [0.2, 0.25) is 5.91 Å². The molecular weight excluding hydrogens is 512 g/mol. The predicted molar refractivity (Wildman–Crippen MR) is 152 cm³/mol. The maximum Gasteiger partial charge on any atom is 0.253 e. The molecule has 1 aromatic carbocycles. The van der Waals surface area contributed by atoms with Gasteiger partial charge in [0.1, 0.15) is 6.33 Å². The fourth-order valence-electron chi connectivity index (χ4n) is 5.11. The highest BCUT2D eigenvalue weighted by Crippen LogP contribution is 2.27. The van der Waals surface area contributed by atoms with Crippen LogP contribution in [0.3, 0.4) is 0 Å². The van der Waals surface area contributed by atoms with E-state index in [4.69, 9.17) is 9.97 Å². The van der Waals surface area contributed by atoms with E-state index in [-0.39, 0.29) is 11.8 Å². The topological polar surface area (TPSA) is 99.5 Å². The molecule has 10 nitrogen and oxygen atoms in total. The molecule has 0 radical (unpaired) electrons. The van der Waals surface area contributed by atoms with Crippen LogP contribution in [0.5, 0.6) is 0 Å². The van der Waals surface area contributed by atoms with Crippen LogP contribution in [0.1, 0.15) is 29.6 Å². The monoisotopic (exact) mass is 544 g/mol. The molecule has 2 saturated heterocycles. The number of thiophene rings is 1. The normalized spacial score (nSPS) is 16.4. The Morgan fingerprint density at radius 1 is 1.05 bits per heavy atom. The van der Waals surface area contributed by atoms with Gasteiger partial charge < -0.3 is 20.0 Å². The molecule has 2 aliphatic rings. The van der Waals surface area contributed by atoms with Gasteiger partial charge >= 0.3 is 0 Å². The van der Waals surface area contributed by atoms with Crippen molar-refractivity contribution < 1.29 is 9.59 Å². The van der Waals surface area contributed by atoms with Crippen LogP contribution < -0.4 is 5.32 Å². The van der Waals surface area contributed by atoms with Gasteiger partial charge in [-0.1, -0.05) is 12.1 Å². The highest BCUT2D eigenvalue weighted by Gasteiger charge is 2.22. The predicted octanol–water partition coefficient (Wildman–Crippen LogP) is 3.36. The van der Waals surface area contributed by atoms with Crippen molar-refractivity contribution in [2.75, 3.05) is 58.2 Å². The van der Waals surface area contributed by atoms with E-state index >= 15 is 0 Å². The maximum absolute atomic E-state index is 13.0. The number of hydrogen-bond donors (Lipinski definition) is 1. The van der Waals surface area contributed by atoms with Crippen molar-refractivity contribution in [1.82, 2.24) is 34.2 Å². The third-order valence-corrected chi connectivity index (χ3v) is 8.10. The highest BCUT2D eigenvalue weighted by molar-refractivity contribution is 7.08. The second kappa shape index (κ2) is 11.1. The molecule has 0 aliphatic carbocycles. The minimum absolute atomic E-state index is 0.0559. The molecule has 6 rings (SSSR count). The number of imidazole rings is 1. The molecule has 202 valence electrons. The Morgan fingerprint density at radius 2 is 1.87 bits per heavy atom. The molecule has 2 aliphatic heterocycles. The van der Waals surface area contributed by atoms with E-state index in [2.05, 4.69) is 27.6 Å². The van der Waals surface area contributed by atoms with Gasteiger partial charge in [-0.15, -0.1) is 0 Å². The second-order valence-corrected chi connectivity index (χ2v) is 10.9. The number of carbonyl (C=O) groups is 2. The van der Waals surface area contributed by atoms with Crippen LogP contribution in [-0.2, 0) is 4.79 Å². The average molecular weight is 545 g/mol. The van der Waals surface area contributed by atoms with Gasteiger partial charge in [0.15, 0.2) is 22.8 Å². The first kappa shape index (κ1) is 25.4. The van der Waals surface area contributed by atoms with Gasteiger partial charge in [0.05, 0.1) is 5.69 Å². The Labute approximate surface area is 231 Å². The standard InChI is InChI=1S/C28H32N8O2S/c1-33-13-15-35(16-14-33)28(38)21-7-5-20(6-8-21)25-31-26(29-10-3-12-34-11-2-4-23(34)37)24-27(32-25)36(19-30-24)22-9-17-39-18-22/h5-9,17-19H,2-4,10-16H2,1H3,(H,29,31,32). The summed E-state index contributed by atoms with van der Waals surface area (Å²) in [5.41, 5.74) is 3.91. The van der Waals surface area contributed by atoms with Crippen LogP contribution in [0.2, 0.25) is 0 Å². The second-order valence-electron chi connectivity index (χ2n) is 10.1. The van der Waals surface area contributed by atoms with Gasteiger partial charge in [-0.05, 0) is 43.5 Å². The van der Waals surface area contributed by atoms with Crippen molar-refractivity contribution >= 4 is 40.1 Å². The fraction of sp³-hybridized carbons (Fsp3) is 0.393. The lowest BCUT2D eigenvalue weighted by Crippen LogP contribution is -2.47. The molecule has 0 saturated carbocycles. The van der Waals surface area contributed by atoms with Gasteiger partial charge in [0.25, 0.3) is 5.91 Å². The number of likely N-dealkylation sites (tertiary alicyclic amines) is 1. The Balaban J connectivity index is 1.25. The van der Waals surface area contributed by atoms with Crippen molar-refractivity contribution in [2.24, 2.45) is 0 Å². The minimum Gasteiger partial charge on any atom is -0.368 e. The third kappa shape index (κ3) is 5.37. The maximum atomic E-state index is 13.0. The van der Waals surface area contributed by atoms with Crippen LogP contribution in [0, 0.1) is 0 Å². The summed E-state index contributed by atoms with van der Waals surface area (Å²) in [4.78, 5) is 45.4. The van der Waals surface area contributed by atoms with E-state index < -0.39 is 0 Å². The molecule has 4 aromatic rings. The van der Waals surface area contributed by atoms with E-state index in [0.717, 1.165) is 63.4 Å². The Hall–Kier alpha value is -3.83. The molecule has 5 heterocycles. The lowest BCUT2D eigenvalue weighted by Gasteiger charge is -2.32. The van der Waals surface area contributed by atoms with E-state index in [1.54, 1.807) is 17.7 Å². The summed E-state index contributed by atoms with van der Waals surface area (Å²) in [6.45, 7) is 5.51. The number of carbonyl (C=O) groups excluding carboxylic acids is 2. The molecular formula is C28H32N8O2S. The van der Waals surface area contributed by atoms with Crippen LogP contribution in [-0.4, -0.2) is 98.9 Å². The quantitative estimate of drug-likeness (QED) is 0.340. The fourth-order valence-corrected chi connectivity index (χ4v) is 5.73. The number of rotatable bonds is 8. The molecule has 1 N–H and O–H groups in total. The minimum atomic E-state index is 0.0559. The van der Waals surface area contributed by atoms with Crippen LogP contribution >= 0.6 is 11.3 Å². The van der Waals surface area contributed by atoms with Gasteiger partial charge in [-0.25, -0.2) is 15.0 Å². The summed E-state index contributed by atoms with van der Waals surface area (Å²) in [6.07, 6.45) is 4.20. The molecule has 0 atom stereocenters. The molecule has 0 bridgehead atoms. The molecule has 3 aromatic heterocycles. The lowest BCUT2D eigenvalue weighted by atomic mass is 10.1. The summed E-state index contributed by atoms with van der Waals surface area (Å²) in [5, 5.41) is 7.53. The van der Waals surface area contributed by atoms with E-state index in [0.29, 0.717) is 41.3 Å². The first-order chi connectivity index (χ1) is 19.1.